The molecule has 2 N–H and O–H groups in total. The lowest BCUT2D eigenvalue weighted by Gasteiger charge is -2.01. The van der Waals surface area contributed by atoms with Gasteiger partial charge in [0, 0.05) is 31.3 Å². The second kappa shape index (κ2) is 4.97. The second-order valence-corrected chi connectivity index (χ2v) is 4.06. The zero-order valence-corrected chi connectivity index (χ0v) is 9.87. The molecule has 3 aromatic rings. The van der Waals surface area contributed by atoms with E-state index in [1.54, 1.807) is 0 Å². The first-order valence-electron chi connectivity index (χ1n) is 5.90. The number of aromatic nitrogens is 5. The first kappa shape index (κ1) is 10.9. The third kappa shape index (κ3) is 2.23. The normalized spacial score (nSPS) is 11.1. The Balaban J connectivity index is 1.57. The number of H-pyrrole nitrogens is 1. The molecule has 0 atom stereocenters. The van der Waals surface area contributed by atoms with Gasteiger partial charge in [0.2, 0.25) is 0 Å². The quantitative estimate of drug-likeness (QED) is 0.649. The standard InChI is InChI=1S/C12H14N6/c1-2-6-18-11(3-1)10(8-16-18)7-13-5-4-12-14-9-15-17-12/h1-3,6,8-9,13H,4-5,7H2,(H,14,15,17). The van der Waals surface area contributed by atoms with E-state index in [0.29, 0.717) is 0 Å². The number of nitrogens with one attached hydrogen (secondary N) is 2. The van der Waals surface area contributed by atoms with E-state index in [0.717, 1.165) is 30.9 Å². The predicted octanol–water partition coefficient (Wildman–Crippen LogP) is 0.785. The minimum Gasteiger partial charge on any atom is -0.312 e. The van der Waals surface area contributed by atoms with Gasteiger partial charge in [-0.3, -0.25) is 5.10 Å². The summed E-state index contributed by atoms with van der Waals surface area (Å²) in [6.45, 7) is 1.67. The van der Waals surface area contributed by atoms with Crippen molar-refractivity contribution in [2.75, 3.05) is 6.54 Å². The number of fused-ring (bicyclic) bond motifs is 1. The lowest BCUT2D eigenvalue weighted by atomic mass is 10.2. The lowest BCUT2D eigenvalue weighted by molar-refractivity contribution is 0.674. The van der Waals surface area contributed by atoms with Crippen LogP contribution in [-0.4, -0.2) is 31.3 Å². The molecule has 6 nitrogen and oxygen atoms in total. The van der Waals surface area contributed by atoms with E-state index in [-0.39, 0.29) is 0 Å². The van der Waals surface area contributed by atoms with Gasteiger partial charge in [0.05, 0.1) is 11.7 Å². The van der Waals surface area contributed by atoms with Crippen molar-refractivity contribution in [3.8, 4) is 0 Å². The van der Waals surface area contributed by atoms with E-state index in [1.807, 2.05) is 29.0 Å². The molecule has 0 aliphatic heterocycles. The summed E-state index contributed by atoms with van der Waals surface area (Å²) in [6.07, 6.45) is 6.23. The number of pyridine rings is 1. The van der Waals surface area contributed by atoms with Crippen LogP contribution < -0.4 is 5.32 Å². The van der Waals surface area contributed by atoms with Gasteiger partial charge in [-0.05, 0) is 12.1 Å². The summed E-state index contributed by atoms with van der Waals surface area (Å²) in [5.74, 6) is 0.905. The Morgan fingerprint density at radius 1 is 1.33 bits per heavy atom. The molecule has 0 aromatic carbocycles. The Morgan fingerprint density at radius 2 is 2.33 bits per heavy atom. The minimum atomic E-state index is 0.807. The van der Waals surface area contributed by atoms with Crippen molar-refractivity contribution >= 4 is 5.52 Å². The third-order valence-electron chi connectivity index (χ3n) is 2.83. The molecule has 0 saturated heterocycles. The molecule has 3 rings (SSSR count). The summed E-state index contributed by atoms with van der Waals surface area (Å²) in [7, 11) is 0. The van der Waals surface area contributed by atoms with Crippen LogP contribution >= 0.6 is 0 Å². The van der Waals surface area contributed by atoms with Gasteiger partial charge in [0.25, 0.3) is 0 Å². The van der Waals surface area contributed by atoms with Crippen molar-refractivity contribution in [3.05, 3.63) is 48.3 Å². The summed E-state index contributed by atoms with van der Waals surface area (Å²) < 4.78 is 1.88. The van der Waals surface area contributed by atoms with Gasteiger partial charge in [0.15, 0.2) is 0 Å². The average Bonchev–Trinajstić information content (AvgIpc) is 3.04. The molecule has 0 aliphatic carbocycles. The van der Waals surface area contributed by atoms with Crippen LogP contribution in [0.2, 0.25) is 0 Å². The number of aromatic amines is 1. The summed E-state index contributed by atoms with van der Waals surface area (Å²) in [5.41, 5.74) is 2.35. The number of nitrogens with zero attached hydrogens (tertiary/aromatic N) is 4. The summed E-state index contributed by atoms with van der Waals surface area (Å²) in [6, 6.07) is 6.07. The highest BCUT2D eigenvalue weighted by Crippen LogP contribution is 2.09. The molecule has 0 amide bonds. The van der Waals surface area contributed by atoms with Crippen molar-refractivity contribution in [2.24, 2.45) is 0 Å². The van der Waals surface area contributed by atoms with E-state index < -0.39 is 0 Å². The zero-order valence-electron chi connectivity index (χ0n) is 9.87. The highest BCUT2D eigenvalue weighted by Gasteiger charge is 2.02. The Labute approximate surface area is 104 Å². The van der Waals surface area contributed by atoms with Gasteiger partial charge < -0.3 is 5.32 Å². The van der Waals surface area contributed by atoms with E-state index in [4.69, 9.17) is 0 Å². The maximum absolute atomic E-state index is 4.30. The van der Waals surface area contributed by atoms with Crippen LogP contribution in [0.4, 0.5) is 0 Å². The fourth-order valence-corrected chi connectivity index (χ4v) is 1.90. The molecule has 0 radical (unpaired) electrons. The molecule has 3 aromatic heterocycles. The van der Waals surface area contributed by atoms with Crippen molar-refractivity contribution in [3.63, 3.8) is 0 Å². The van der Waals surface area contributed by atoms with Gasteiger partial charge in [-0.1, -0.05) is 6.07 Å². The Hall–Kier alpha value is -2.21. The van der Waals surface area contributed by atoms with Crippen LogP contribution in [0.25, 0.3) is 5.52 Å². The molecule has 6 heteroatoms. The second-order valence-electron chi connectivity index (χ2n) is 4.06. The van der Waals surface area contributed by atoms with E-state index in [2.05, 4.69) is 31.7 Å². The lowest BCUT2D eigenvalue weighted by Crippen LogP contribution is -2.17. The van der Waals surface area contributed by atoms with Crippen molar-refractivity contribution in [2.45, 2.75) is 13.0 Å². The van der Waals surface area contributed by atoms with E-state index in [1.165, 1.54) is 11.9 Å². The highest BCUT2D eigenvalue weighted by atomic mass is 15.2. The summed E-state index contributed by atoms with van der Waals surface area (Å²) in [5, 5.41) is 14.3. The van der Waals surface area contributed by atoms with Crippen LogP contribution in [-0.2, 0) is 13.0 Å². The Morgan fingerprint density at radius 3 is 3.22 bits per heavy atom. The van der Waals surface area contributed by atoms with Gasteiger partial charge >= 0.3 is 0 Å². The Bertz CT molecular complexity index is 612. The molecule has 0 saturated carbocycles. The van der Waals surface area contributed by atoms with Crippen LogP contribution in [0.1, 0.15) is 11.4 Å². The predicted molar refractivity (Wildman–Crippen MR) is 67.0 cm³/mol. The molecule has 0 spiro atoms. The monoisotopic (exact) mass is 242 g/mol. The molecule has 0 bridgehead atoms. The highest BCUT2D eigenvalue weighted by molar-refractivity contribution is 5.53. The molecular formula is C12H14N6. The van der Waals surface area contributed by atoms with Gasteiger partial charge in [-0.2, -0.15) is 10.2 Å². The first-order valence-corrected chi connectivity index (χ1v) is 5.90. The van der Waals surface area contributed by atoms with Crippen molar-refractivity contribution in [1.29, 1.82) is 0 Å². The fourth-order valence-electron chi connectivity index (χ4n) is 1.90. The zero-order chi connectivity index (χ0) is 12.2. The average molecular weight is 242 g/mol. The smallest absolute Gasteiger partial charge is 0.137 e. The maximum atomic E-state index is 4.30. The van der Waals surface area contributed by atoms with E-state index in [9.17, 15) is 0 Å². The van der Waals surface area contributed by atoms with Crippen LogP contribution in [0.15, 0.2) is 36.9 Å². The van der Waals surface area contributed by atoms with Gasteiger partial charge in [-0.25, -0.2) is 9.50 Å². The molecule has 0 fully saturated rings. The van der Waals surface area contributed by atoms with Gasteiger partial charge in [-0.15, -0.1) is 0 Å². The SMILES string of the molecule is c1ccn2ncc(CNCCc3ncn[nH]3)c2c1. The van der Waals surface area contributed by atoms with Crippen molar-refractivity contribution < 1.29 is 0 Å². The summed E-state index contributed by atoms with van der Waals surface area (Å²) in [4.78, 5) is 4.08. The Kier molecular flexibility index (Phi) is 3.01. The molecule has 0 unspecified atom stereocenters. The molecule has 3 heterocycles. The van der Waals surface area contributed by atoms with Crippen molar-refractivity contribution in [1.82, 2.24) is 30.1 Å². The molecule has 92 valence electrons. The van der Waals surface area contributed by atoms with E-state index >= 15 is 0 Å². The third-order valence-corrected chi connectivity index (χ3v) is 2.83. The van der Waals surface area contributed by atoms with Crippen LogP contribution in [0.5, 0.6) is 0 Å². The minimum absolute atomic E-state index is 0.807. The summed E-state index contributed by atoms with van der Waals surface area (Å²) >= 11 is 0. The molecule has 0 aliphatic rings. The first-order chi connectivity index (χ1) is 8.93. The van der Waals surface area contributed by atoms with Crippen LogP contribution in [0.3, 0.4) is 0 Å². The molecular weight excluding hydrogens is 228 g/mol. The fraction of sp³-hybridized carbons (Fsp3) is 0.250. The molecule has 18 heavy (non-hydrogen) atoms. The number of rotatable bonds is 5. The van der Waals surface area contributed by atoms with Crippen LogP contribution in [0, 0.1) is 0 Å². The van der Waals surface area contributed by atoms with Gasteiger partial charge in [0.1, 0.15) is 12.2 Å². The largest absolute Gasteiger partial charge is 0.312 e. The maximum Gasteiger partial charge on any atom is 0.137 e. The number of hydrogen-bond donors (Lipinski definition) is 2. The number of hydrogen-bond acceptors (Lipinski definition) is 4. The topological polar surface area (TPSA) is 70.9 Å².